The number of nitrogens with one attached hydrogen (secondary N) is 3. The molecular weight excluding hydrogens is 204 g/mol. The standard InChI is InChI=1S/C11H24N4O/c1-6-7-14-10(13-5)15-8-11(2,3)9(16)12-4/h6-8H2,1-5H3,(H,12,16)(H2,13,14,15). The van der Waals surface area contributed by atoms with Crippen molar-refractivity contribution in [3.63, 3.8) is 0 Å². The van der Waals surface area contributed by atoms with Gasteiger partial charge in [0.15, 0.2) is 5.96 Å². The van der Waals surface area contributed by atoms with E-state index in [9.17, 15) is 4.79 Å². The van der Waals surface area contributed by atoms with Gasteiger partial charge in [-0.05, 0) is 20.3 Å². The van der Waals surface area contributed by atoms with Gasteiger partial charge in [-0.15, -0.1) is 0 Å². The fourth-order valence-electron chi connectivity index (χ4n) is 1.19. The molecule has 0 aliphatic heterocycles. The summed E-state index contributed by atoms with van der Waals surface area (Å²) >= 11 is 0. The summed E-state index contributed by atoms with van der Waals surface area (Å²) in [5.74, 6) is 0.754. The predicted octanol–water partition coefficient (Wildman–Crippen LogP) is 0.334. The second-order valence-corrected chi connectivity index (χ2v) is 4.32. The lowest BCUT2D eigenvalue weighted by molar-refractivity contribution is -0.128. The maximum Gasteiger partial charge on any atom is 0.227 e. The molecule has 94 valence electrons. The average molecular weight is 228 g/mol. The summed E-state index contributed by atoms with van der Waals surface area (Å²) in [6, 6.07) is 0. The number of guanidine groups is 1. The van der Waals surface area contributed by atoms with Crippen LogP contribution in [-0.4, -0.2) is 39.1 Å². The topological polar surface area (TPSA) is 65.5 Å². The molecule has 0 spiro atoms. The molecule has 5 heteroatoms. The van der Waals surface area contributed by atoms with Gasteiger partial charge in [0.1, 0.15) is 0 Å². The number of carbonyl (C=O) groups excluding carboxylic acids is 1. The summed E-state index contributed by atoms with van der Waals surface area (Å²) in [7, 11) is 3.37. The zero-order valence-electron chi connectivity index (χ0n) is 11.0. The molecule has 0 unspecified atom stereocenters. The molecule has 16 heavy (non-hydrogen) atoms. The third-order valence-electron chi connectivity index (χ3n) is 2.31. The molecule has 0 heterocycles. The Bertz CT molecular complexity index is 248. The largest absolute Gasteiger partial charge is 0.359 e. The summed E-state index contributed by atoms with van der Waals surface area (Å²) in [5.41, 5.74) is -0.446. The highest BCUT2D eigenvalue weighted by molar-refractivity contribution is 5.84. The molecular formula is C11H24N4O. The van der Waals surface area contributed by atoms with Crippen molar-refractivity contribution in [3.05, 3.63) is 0 Å². The van der Waals surface area contributed by atoms with Crippen LogP contribution in [0.2, 0.25) is 0 Å². The van der Waals surface area contributed by atoms with E-state index < -0.39 is 5.41 Å². The van der Waals surface area contributed by atoms with Crippen molar-refractivity contribution >= 4 is 11.9 Å². The normalized spacial score (nSPS) is 12.2. The van der Waals surface area contributed by atoms with Gasteiger partial charge in [-0.2, -0.15) is 0 Å². The van der Waals surface area contributed by atoms with Gasteiger partial charge in [-0.3, -0.25) is 9.79 Å². The van der Waals surface area contributed by atoms with Crippen LogP contribution in [0.25, 0.3) is 0 Å². The number of carbonyl (C=O) groups is 1. The summed E-state index contributed by atoms with van der Waals surface area (Å²) in [6.45, 7) is 7.31. The van der Waals surface area contributed by atoms with E-state index in [-0.39, 0.29) is 5.91 Å². The van der Waals surface area contributed by atoms with Crippen LogP contribution in [0.4, 0.5) is 0 Å². The van der Waals surface area contributed by atoms with Crippen molar-refractivity contribution in [1.29, 1.82) is 0 Å². The van der Waals surface area contributed by atoms with Crippen molar-refractivity contribution in [2.24, 2.45) is 10.4 Å². The van der Waals surface area contributed by atoms with E-state index in [1.54, 1.807) is 14.1 Å². The highest BCUT2D eigenvalue weighted by Crippen LogP contribution is 2.12. The van der Waals surface area contributed by atoms with Gasteiger partial charge in [-0.1, -0.05) is 6.92 Å². The van der Waals surface area contributed by atoms with Crippen LogP contribution in [0, 0.1) is 5.41 Å². The lowest BCUT2D eigenvalue weighted by Crippen LogP contribution is -2.47. The maximum atomic E-state index is 11.5. The lowest BCUT2D eigenvalue weighted by atomic mass is 9.92. The minimum Gasteiger partial charge on any atom is -0.359 e. The third-order valence-corrected chi connectivity index (χ3v) is 2.31. The molecule has 0 saturated carbocycles. The Kier molecular flexibility index (Phi) is 6.53. The van der Waals surface area contributed by atoms with E-state index in [1.807, 2.05) is 13.8 Å². The Labute approximate surface area is 98.1 Å². The summed E-state index contributed by atoms with van der Waals surface area (Å²) in [5, 5.41) is 8.94. The summed E-state index contributed by atoms with van der Waals surface area (Å²) < 4.78 is 0. The van der Waals surface area contributed by atoms with E-state index >= 15 is 0 Å². The molecule has 3 N–H and O–H groups in total. The van der Waals surface area contributed by atoms with E-state index in [4.69, 9.17) is 0 Å². The molecule has 1 amide bonds. The molecule has 0 rings (SSSR count). The number of hydrogen-bond donors (Lipinski definition) is 3. The monoisotopic (exact) mass is 228 g/mol. The first-order valence-corrected chi connectivity index (χ1v) is 5.64. The van der Waals surface area contributed by atoms with E-state index in [0.29, 0.717) is 6.54 Å². The Balaban J connectivity index is 4.15. The second kappa shape index (κ2) is 7.09. The number of rotatable bonds is 5. The number of amides is 1. The quantitative estimate of drug-likeness (QED) is 0.469. The Morgan fingerprint density at radius 2 is 1.94 bits per heavy atom. The average Bonchev–Trinajstić information content (AvgIpc) is 2.28. The Morgan fingerprint density at radius 1 is 1.31 bits per heavy atom. The summed E-state index contributed by atoms with van der Waals surface area (Å²) in [6.07, 6.45) is 1.04. The lowest BCUT2D eigenvalue weighted by Gasteiger charge is -2.24. The molecule has 0 saturated heterocycles. The van der Waals surface area contributed by atoms with Crippen molar-refractivity contribution in [3.8, 4) is 0 Å². The van der Waals surface area contributed by atoms with Crippen molar-refractivity contribution in [1.82, 2.24) is 16.0 Å². The SMILES string of the molecule is CCCNC(=NC)NCC(C)(C)C(=O)NC. The zero-order valence-corrected chi connectivity index (χ0v) is 11.0. The van der Waals surface area contributed by atoms with Gasteiger partial charge < -0.3 is 16.0 Å². The molecule has 0 aromatic heterocycles. The van der Waals surface area contributed by atoms with Gasteiger partial charge in [0.25, 0.3) is 0 Å². The van der Waals surface area contributed by atoms with Gasteiger partial charge in [-0.25, -0.2) is 0 Å². The van der Waals surface area contributed by atoms with Gasteiger partial charge in [0.05, 0.1) is 5.41 Å². The molecule has 0 aliphatic carbocycles. The van der Waals surface area contributed by atoms with Crippen LogP contribution in [-0.2, 0) is 4.79 Å². The highest BCUT2D eigenvalue weighted by atomic mass is 16.2. The van der Waals surface area contributed by atoms with E-state index in [2.05, 4.69) is 27.9 Å². The predicted molar refractivity (Wildman–Crippen MR) is 67.5 cm³/mol. The van der Waals surface area contributed by atoms with Crippen LogP contribution in [0.3, 0.4) is 0 Å². The van der Waals surface area contributed by atoms with Crippen molar-refractivity contribution in [2.45, 2.75) is 27.2 Å². The van der Waals surface area contributed by atoms with Crippen LogP contribution in [0.5, 0.6) is 0 Å². The first kappa shape index (κ1) is 14.7. The van der Waals surface area contributed by atoms with Crippen molar-refractivity contribution < 1.29 is 4.79 Å². The zero-order chi connectivity index (χ0) is 12.6. The molecule has 0 aromatic carbocycles. The minimum atomic E-state index is -0.446. The molecule has 0 fully saturated rings. The molecule has 0 aliphatic rings. The number of aliphatic imine (C=N–C) groups is 1. The molecule has 0 atom stereocenters. The first-order chi connectivity index (χ1) is 7.47. The number of hydrogen-bond acceptors (Lipinski definition) is 2. The van der Waals surface area contributed by atoms with Crippen LogP contribution >= 0.6 is 0 Å². The van der Waals surface area contributed by atoms with Crippen LogP contribution < -0.4 is 16.0 Å². The van der Waals surface area contributed by atoms with E-state index in [0.717, 1.165) is 18.9 Å². The van der Waals surface area contributed by atoms with Crippen LogP contribution in [0.15, 0.2) is 4.99 Å². The molecule has 0 aromatic rings. The van der Waals surface area contributed by atoms with Gasteiger partial charge in [0.2, 0.25) is 5.91 Å². The fourth-order valence-corrected chi connectivity index (χ4v) is 1.19. The fraction of sp³-hybridized carbons (Fsp3) is 0.818. The van der Waals surface area contributed by atoms with Gasteiger partial charge in [0, 0.05) is 27.2 Å². The van der Waals surface area contributed by atoms with E-state index in [1.165, 1.54) is 0 Å². The maximum absolute atomic E-state index is 11.5. The van der Waals surface area contributed by atoms with Crippen molar-refractivity contribution in [2.75, 3.05) is 27.2 Å². The van der Waals surface area contributed by atoms with Crippen LogP contribution in [0.1, 0.15) is 27.2 Å². The third kappa shape index (κ3) is 5.00. The number of nitrogens with zero attached hydrogens (tertiary/aromatic N) is 1. The minimum absolute atomic E-state index is 0.0194. The Morgan fingerprint density at radius 3 is 2.38 bits per heavy atom. The molecule has 5 nitrogen and oxygen atoms in total. The first-order valence-electron chi connectivity index (χ1n) is 5.64. The van der Waals surface area contributed by atoms with Gasteiger partial charge >= 0.3 is 0 Å². The Hall–Kier alpha value is -1.26. The molecule has 0 bridgehead atoms. The second-order valence-electron chi connectivity index (χ2n) is 4.32. The highest BCUT2D eigenvalue weighted by Gasteiger charge is 2.26. The smallest absolute Gasteiger partial charge is 0.227 e. The molecule has 0 radical (unpaired) electrons. The summed E-state index contributed by atoms with van der Waals surface area (Å²) in [4.78, 5) is 15.6.